The van der Waals surface area contributed by atoms with Crippen LogP contribution in [0.2, 0.25) is 0 Å². The lowest BCUT2D eigenvalue weighted by molar-refractivity contribution is -0.137. The maximum atomic E-state index is 12.5. The molecule has 0 atom stereocenters. The van der Waals surface area contributed by atoms with Crippen LogP contribution in [0, 0.1) is 6.92 Å². The summed E-state index contributed by atoms with van der Waals surface area (Å²) in [6.07, 6.45) is 1.28. The van der Waals surface area contributed by atoms with E-state index < -0.39 is 28.4 Å². The maximum Gasteiger partial charge on any atom is 0.318 e. The van der Waals surface area contributed by atoms with Crippen LogP contribution in [-0.4, -0.2) is 42.3 Å². The molecule has 7 nitrogen and oxygen atoms in total. The minimum absolute atomic E-state index is 0.113. The molecule has 3 N–H and O–H groups in total. The van der Waals surface area contributed by atoms with Gasteiger partial charge in [-0.05, 0) is 37.5 Å². The zero-order chi connectivity index (χ0) is 15.8. The number of sulfonamides is 1. The molecular formula is C13H16N2O5S. The lowest BCUT2D eigenvalue weighted by Crippen LogP contribution is -2.37. The van der Waals surface area contributed by atoms with Gasteiger partial charge in [0.2, 0.25) is 15.9 Å². The number of hydrogen-bond acceptors (Lipinski definition) is 4. The van der Waals surface area contributed by atoms with Gasteiger partial charge in [0.05, 0.1) is 4.90 Å². The van der Waals surface area contributed by atoms with Crippen LogP contribution in [-0.2, 0) is 14.8 Å². The molecule has 0 spiro atoms. The molecule has 8 heteroatoms. The molecule has 114 valence electrons. The van der Waals surface area contributed by atoms with E-state index in [1.54, 1.807) is 6.92 Å². The van der Waals surface area contributed by atoms with Gasteiger partial charge in [0.1, 0.15) is 6.54 Å². The van der Waals surface area contributed by atoms with Crippen molar-refractivity contribution >= 4 is 21.9 Å². The molecule has 1 aromatic carbocycles. The molecule has 1 saturated carbocycles. The number of amides is 1. The van der Waals surface area contributed by atoms with Crippen molar-refractivity contribution < 1.29 is 23.1 Å². The standard InChI is InChI=1S/C13H16N2O5S/c1-8-2-5-10(6-11(8)13(14)18)21(19,20)15(7-12(16)17)9-3-4-9/h2,5-6,9H,3-4,7H2,1H3,(H2,14,18)(H,16,17). The summed E-state index contributed by atoms with van der Waals surface area (Å²) in [7, 11) is -3.96. The first kappa shape index (κ1) is 15.5. The first-order valence-corrected chi connectivity index (χ1v) is 7.81. The number of aliphatic carboxylic acids is 1. The van der Waals surface area contributed by atoms with Crippen molar-refractivity contribution in [1.29, 1.82) is 0 Å². The number of nitrogens with two attached hydrogens (primary N) is 1. The number of carboxylic acids is 1. The van der Waals surface area contributed by atoms with Gasteiger partial charge < -0.3 is 10.8 Å². The van der Waals surface area contributed by atoms with Crippen molar-refractivity contribution in [2.24, 2.45) is 5.73 Å². The van der Waals surface area contributed by atoms with E-state index in [0.29, 0.717) is 18.4 Å². The van der Waals surface area contributed by atoms with Gasteiger partial charge >= 0.3 is 5.97 Å². The Hall–Kier alpha value is -1.93. The molecule has 1 aromatic rings. The average Bonchev–Trinajstić information content (AvgIpc) is 3.19. The highest BCUT2D eigenvalue weighted by Crippen LogP contribution is 2.32. The molecule has 1 aliphatic rings. The minimum Gasteiger partial charge on any atom is -0.480 e. The van der Waals surface area contributed by atoms with Gasteiger partial charge in [-0.25, -0.2) is 8.42 Å². The normalized spacial score (nSPS) is 15.1. The van der Waals surface area contributed by atoms with Gasteiger partial charge in [-0.3, -0.25) is 9.59 Å². The second kappa shape index (κ2) is 5.45. The Bertz CT molecular complexity index is 695. The van der Waals surface area contributed by atoms with E-state index >= 15 is 0 Å². The smallest absolute Gasteiger partial charge is 0.318 e. The summed E-state index contributed by atoms with van der Waals surface area (Å²) in [6.45, 7) is 1.05. The zero-order valence-corrected chi connectivity index (χ0v) is 12.3. The SMILES string of the molecule is Cc1ccc(S(=O)(=O)N(CC(=O)O)C2CC2)cc1C(N)=O. The van der Waals surface area contributed by atoms with Crippen molar-refractivity contribution in [1.82, 2.24) is 4.31 Å². The van der Waals surface area contributed by atoms with Crippen LogP contribution in [0.3, 0.4) is 0 Å². The third-order valence-corrected chi connectivity index (χ3v) is 5.22. The Labute approximate surface area is 122 Å². The maximum absolute atomic E-state index is 12.5. The Morgan fingerprint density at radius 3 is 2.48 bits per heavy atom. The van der Waals surface area contributed by atoms with Crippen LogP contribution in [0.15, 0.2) is 23.1 Å². The number of hydrogen-bond donors (Lipinski definition) is 2. The van der Waals surface area contributed by atoms with Crippen molar-refractivity contribution in [3.63, 3.8) is 0 Å². The fourth-order valence-corrected chi connectivity index (χ4v) is 3.73. The van der Waals surface area contributed by atoms with Gasteiger partial charge in [-0.2, -0.15) is 4.31 Å². The van der Waals surface area contributed by atoms with E-state index in [-0.39, 0.29) is 16.5 Å². The molecule has 1 aliphatic carbocycles. The third-order valence-electron chi connectivity index (χ3n) is 3.33. The number of benzene rings is 1. The molecule has 21 heavy (non-hydrogen) atoms. The zero-order valence-electron chi connectivity index (χ0n) is 11.4. The summed E-state index contributed by atoms with van der Waals surface area (Å²) in [5.74, 6) is -1.94. The topological polar surface area (TPSA) is 118 Å². The Kier molecular flexibility index (Phi) is 4.02. The lowest BCUT2D eigenvalue weighted by Gasteiger charge is -2.20. The van der Waals surface area contributed by atoms with E-state index in [9.17, 15) is 18.0 Å². The molecule has 0 heterocycles. The summed E-state index contributed by atoms with van der Waals surface area (Å²) < 4.78 is 26.1. The molecule has 0 saturated heterocycles. The third kappa shape index (κ3) is 3.22. The van der Waals surface area contributed by atoms with E-state index in [4.69, 9.17) is 10.8 Å². The van der Waals surface area contributed by atoms with Crippen LogP contribution in [0.4, 0.5) is 0 Å². The molecule has 2 rings (SSSR count). The van der Waals surface area contributed by atoms with Crippen molar-refractivity contribution in [2.45, 2.75) is 30.7 Å². The number of aryl methyl sites for hydroxylation is 1. The molecule has 0 aliphatic heterocycles. The van der Waals surface area contributed by atoms with E-state index in [1.807, 2.05) is 0 Å². The van der Waals surface area contributed by atoms with Crippen molar-refractivity contribution in [3.05, 3.63) is 29.3 Å². The summed E-state index contributed by atoms with van der Waals surface area (Å²) in [5.41, 5.74) is 5.89. The van der Waals surface area contributed by atoms with Gasteiger partial charge in [0.15, 0.2) is 0 Å². The van der Waals surface area contributed by atoms with Crippen LogP contribution in [0.5, 0.6) is 0 Å². The average molecular weight is 312 g/mol. The van der Waals surface area contributed by atoms with Crippen LogP contribution < -0.4 is 5.73 Å². The highest BCUT2D eigenvalue weighted by atomic mass is 32.2. The first-order chi connectivity index (χ1) is 9.73. The highest BCUT2D eigenvalue weighted by molar-refractivity contribution is 7.89. The Morgan fingerprint density at radius 2 is 2.00 bits per heavy atom. The van der Waals surface area contributed by atoms with Crippen LogP contribution in [0.25, 0.3) is 0 Å². The van der Waals surface area contributed by atoms with Gasteiger partial charge in [-0.1, -0.05) is 6.07 Å². The summed E-state index contributed by atoms with van der Waals surface area (Å²) in [5, 5.41) is 8.88. The Balaban J connectivity index is 2.44. The van der Waals surface area contributed by atoms with E-state index in [2.05, 4.69) is 0 Å². The number of carbonyl (C=O) groups excluding carboxylic acids is 1. The number of carbonyl (C=O) groups is 2. The monoisotopic (exact) mass is 312 g/mol. The number of rotatable bonds is 6. The fourth-order valence-electron chi connectivity index (χ4n) is 2.07. The van der Waals surface area contributed by atoms with E-state index in [0.717, 1.165) is 4.31 Å². The van der Waals surface area contributed by atoms with Crippen LogP contribution >= 0.6 is 0 Å². The van der Waals surface area contributed by atoms with Gasteiger partial charge in [-0.15, -0.1) is 0 Å². The Morgan fingerprint density at radius 1 is 1.38 bits per heavy atom. The highest BCUT2D eigenvalue weighted by Gasteiger charge is 2.39. The minimum atomic E-state index is -3.96. The molecule has 0 bridgehead atoms. The molecule has 0 radical (unpaired) electrons. The fraction of sp³-hybridized carbons (Fsp3) is 0.385. The van der Waals surface area contributed by atoms with Crippen LogP contribution in [0.1, 0.15) is 28.8 Å². The molecule has 1 fully saturated rings. The largest absolute Gasteiger partial charge is 0.480 e. The van der Waals surface area contributed by atoms with Crippen molar-refractivity contribution in [2.75, 3.05) is 6.54 Å². The summed E-state index contributed by atoms with van der Waals surface area (Å²) in [6, 6.07) is 3.75. The molecule has 0 unspecified atom stereocenters. The molecular weight excluding hydrogens is 296 g/mol. The predicted molar refractivity (Wildman–Crippen MR) is 74.2 cm³/mol. The molecule has 0 aromatic heterocycles. The van der Waals surface area contributed by atoms with E-state index in [1.165, 1.54) is 18.2 Å². The van der Waals surface area contributed by atoms with Gasteiger partial charge in [0, 0.05) is 11.6 Å². The summed E-state index contributed by atoms with van der Waals surface area (Å²) >= 11 is 0. The molecule has 1 amide bonds. The van der Waals surface area contributed by atoms with Gasteiger partial charge in [0.25, 0.3) is 0 Å². The predicted octanol–water partition coefficient (Wildman–Crippen LogP) is 0.332. The second-order valence-electron chi connectivity index (χ2n) is 5.02. The number of primary amides is 1. The quantitative estimate of drug-likeness (QED) is 0.785. The second-order valence-corrected chi connectivity index (χ2v) is 6.91. The lowest BCUT2D eigenvalue weighted by atomic mass is 10.1. The first-order valence-electron chi connectivity index (χ1n) is 6.37. The summed E-state index contributed by atoms with van der Waals surface area (Å²) in [4.78, 5) is 22.1. The number of nitrogens with zero attached hydrogens (tertiary/aromatic N) is 1. The van der Waals surface area contributed by atoms with Crippen molar-refractivity contribution in [3.8, 4) is 0 Å². The number of carboxylic acid groups (broad SMARTS) is 1.